The zero-order valence-corrected chi connectivity index (χ0v) is 10.1. The van der Waals surface area contributed by atoms with Crippen molar-refractivity contribution in [1.82, 2.24) is 0 Å². The third kappa shape index (κ3) is 4.69. The molecule has 0 bridgehead atoms. The van der Waals surface area contributed by atoms with Crippen LogP contribution in [0.5, 0.6) is 0 Å². The van der Waals surface area contributed by atoms with Crippen LogP contribution >= 0.6 is 28.1 Å². The van der Waals surface area contributed by atoms with E-state index in [0.29, 0.717) is 24.6 Å². The molecule has 0 aliphatic heterocycles. The van der Waals surface area contributed by atoms with Crippen LogP contribution in [0.25, 0.3) is 0 Å². The Labute approximate surface area is 97.6 Å². The summed E-state index contributed by atoms with van der Waals surface area (Å²) in [6.45, 7) is 1.18. The summed E-state index contributed by atoms with van der Waals surface area (Å²) >= 11 is 8.13. The first-order valence-corrected chi connectivity index (χ1v) is 5.49. The van der Waals surface area contributed by atoms with Gasteiger partial charge in [-0.15, -0.1) is 0 Å². The third-order valence-electron chi connectivity index (χ3n) is 1.65. The van der Waals surface area contributed by atoms with E-state index in [1.807, 2.05) is 24.3 Å². The lowest BCUT2D eigenvalue weighted by atomic mass is 10.2. The molecular weight excluding hydrogens is 262 g/mol. The summed E-state index contributed by atoms with van der Waals surface area (Å²) < 4.78 is 6.46. The zero-order valence-electron chi connectivity index (χ0n) is 7.70. The van der Waals surface area contributed by atoms with Crippen molar-refractivity contribution >= 4 is 33.1 Å². The molecule has 0 unspecified atom stereocenters. The van der Waals surface area contributed by atoms with Crippen molar-refractivity contribution in [3.8, 4) is 0 Å². The Kier molecular flexibility index (Phi) is 5.07. The monoisotopic (exact) mass is 273 g/mol. The summed E-state index contributed by atoms with van der Waals surface area (Å²) in [7, 11) is 0. The van der Waals surface area contributed by atoms with Crippen molar-refractivity contribution in [1.29, 1.82) is 0 Å². The van der Waals surface area contributed by atoms with Gasteiger partial charge in [-0.05, 0) is 17.7 Å². The molecule has 1 aromatic rings. The van der Waals surface area contributed by atoms with Crippen molar-refractivity contribution in [2.45, 2.75) is 13.0 Å². The highest BCUT2D eigenvalue weighted by Crippen LogP contribution is 2.12. The number of ether oxygens (including phenoxy) is 1. The molecule has 2 nitrogen and oxygen atoms in total. The summed E-state index contributed by atoms with van der Waals surface area (Å²) in [5.74, 6) is 0. The predicted molar refractivity (Wildman–Crippen MR) is 65.2 cm³/mol. The average Bonchev–Trinajstić information content (AvgIpc) is 2.12. The minimum atomic E-state index is 0.499. The first kappa shape index (κ1) is 11.6. The highest BCUT2D eigenvalue weighted by Gasteiger charge is 1.95. The van der Waals surface area contributed by atoms with E-state index in [1.54, 1.807) is 0 Å². The van der Waals surface area contributed by atoms with Crippen LogP contribution in [-0.2, 0) is 11.3 Å². The minimum absolute atomic E-state index is 0.499. The first-order chi connectivity index (χ1) is 6.68. The standard InChI is InChI=1S/C10H12BrNOS/c11-9-3-1-2-8(6-9)7-13-5-4-10(12)14/h1-3,6H,4-5,7H2,(H2,12,14). The molecule has 4 heteroatoms. The molecule has 0 radical (unpaired) electrons. The maximum atomic E-state index is 5.40. The van der Waals surface area contributed by atoms with Gasteiger partial charge >= 0.3 is 0 Å². The van der Waals surface area contributed by atoms with Crippen molar-refractivity contribution in [2.24, 2.45) is 5.73 Å². The molecule has 0 heterocycles. The van der Waals surface area contributed by atoms with Crippen LogP contribution in [-0.4, -0.2) is 11.6 Å². The molecule has 1 aromatic carbocycles. The first-order valence-electron chi connectivity index (χ1n) is 4.29. The van der Waals surface area contributed by atoms with Crippen LogP contribution in [0.3, 0.4) is 0 Å². The molecule has 14 heavy (non-hydrogen) atoms. The number of thiocarbonyl (C=S) groups is 1. The topological polar surface area (TPSA) is 35.2 Å². The molecule has 0 spiro atoms. The average molecular weight is 274 g/mol. The highest BCUT2D eigenvalue weighted by atomic mass is 79.9. The van der Waals surface area contributed by atoms with Crippen molar-refractivity contribution < 1.29 is 4.74 Å². The Balaban J connectivity index is 2.28. The maximum absolute atomic E-state index is 5.40. The molecule has 0 aliphatic rings. The van der Waals surface area contributed by atoms with Crippen LogP contribution in [0.2, 0.25) is 0 Å². The van der Waals surface area contributed by atoms with Gasteiger partial charge in [-0.3, -0.25) is 0 Å². The molecular formula is C10H12BrNOS. The second-order valence-electron chi connectivity index (χ2n) is 2.90. The van der Waals surface area contributed by atoms with Crippen LogP contribution in [0.1, 0.15) is 12.0 Å². The third-order valence-corrected chi connectivity index (χ3v) is 2.35. The van der Waals surface area contributed by atoms with E-state index in [2.05, 4.69) is 15.9 Å². The van der Waals surface area contributed by atoms with E-state index >= 15 is 0 Å². The zero-order chi connectivity index (χ0) is 10.4. The number of hydrogen-bond donors (Lipinski definition) is 1. The van der Waals surface area contributed by atoms with Gasteiger partial charge < -0.3 is 10.5 Å². The Bertz CT molecular complexity index is 317. The Morgan fingerprint density at radius 2 is 2.29 bits per heavy atom. The second-order valence-corrected chi connectivity index (χ2v) is 4.34. The molecule has 0 atom stereocenters. The fraction of sp³-hybridized carbons (Fsp3) is 0.300. The smallest absolute Gasteiger partial charge is 0.0750 e. The van der Waals surface area contributed by atoms with E-state index < -0.39 is 0 Å². The Hall–Kier alpha value is -0.450. The van der Waals surface area contributed by atoms with Crippen molar-refractivity contribution in [2.75, 3.05) is 6.61 Å². The minimum Gasteiger partial charge on any atom is -0.393 e. The van der Waals surface area contributed by atoms with E-state index in [-0.39, 0.29) is 0 Å². The van der Waals surface area contributed by atoms with Crippen molar-refractivity contribution in [3.05, 3.63) is 34.3 Å². The molecule has 0 saturated heterocycles. The lowest BCUT2D eigenvalue weighted by Crippen LogP contribution is -2.11. The van der Waals surface area contributed by atoms with E-state index in [0.717, 1.165) is 10.0 Å². The van der Waals surface area contributed by atoms with Crippen LogP contribution in [0.15, 0.2) is 28.7 Å². The lowest BCUT2D eigenvalue weighted by molar-refractivity contribution is 0.128. The van der Waals surface area contributed by atoms with Gasteiger partial charge in [0.2, 0.25) is 0 Å². The number of benzene rings is 1. The van der Waals surface area contributed by atoms with E-state index in [4.69, 9.17) is 22.7 Å². The summed E-state index contributed by atoms with van der Waals surface area (Å²) in [6, 6.07) is 8.02. The fourth-order valence-corrected chi connectivity index (χ4v) is 1.52. The maximum Gasteiger partial charge on any atom is 0.0750 e. The van der Waals surface area contributed by atoms with Crippen LogP contribution in [0.4, 0.5) is 0 Å². The number of rotatable bonds is 5. The van der Waals surface area contributed by atoms with Gasteiger partial charge in [0.25, 0.3) is 0 Å². The number of halogens is 1. The van der Waals surface area contributed by atoms with E-state index in [1.165, 1.54) is 0 Å². The van der Waals surface area contributed by atoms with Gasteiger partial charge in [-0.1, -0.05) is 40.3 Å². The van der Waals surface area contributed by atoms with Gasteiger partial charge in [0.1, 0.15) is 0 Å². The van der Waals surface area contributed by atoms with Gasteiger partial charge in [0.05, 0.1) is 18.2 Å². The number of hydrogen-bond acceptors (Lipinski definition) is 2. The SMILES string of the molecule is NC(=S)CCOCc1cccc(Br)c1. The summed E-state index contributed by atoms with van der Waals surface area (Å²) in [5.41, 5.74) is 6.48. The van der Waals surface area contributed by atoms with Gasteiger partial charge in [0, 0.05) is 10.9 Å². The summed E-state index contributed by atoms with van der Waals surface area (Å²) in [6.07, 6.45) is 0.642. The molecule has 0 amide bonds. The molecule has 0 saturated carbocycles. The fourth-order valence-electron chi connectivity index (χ4n) is 0.990. The molecule has 0 aromatic heterocycles. The van der Waals surface area contributed by atoms with Crippen LogP contribution in [0, 0.1) is 0 Å². The highest BCUT2D eigenvalue weighted by molar-refractivity contribution is 9.10. The largest absolute Gasteiger partial charge is 0.393 e. The summed E-state index contributed by atoms with van der Waals surface area (Å²) in [4.78, 5) is 0.499. The van der Waals surface area contributed by atoms with Crippen LogP contribution < -0.4 is 5.73 Å². The normalized spacial score (nSPS) is 10.1. The molecule has 0 fully saturated rings. The Morgan fingerprint density at radius 1 is 1.50 bits per heavy atom. The molecule has 1 rings (SSSR count). The number of nitrogens with two attached hydrogens (primary N) is 1. The Morgan fingerprint density at radius 3 is 2.93 bits per heavy atom. The van der Waals surface area contributed by atoms with Gasteiger partial charge in [0.15, 0.2) is 0 Å². The predicted octanol–water partition coefficient (Wildman–Crippen LogP) is 2.64. The quantitative estimate of drug-likeness (QED) is 0.662. The molecule has 0 aliphatic carbocycles. The summed E-state index contributed by atoms with van der Waals surface area (Å²) in [5, 5.41) is 0. The lowest BCUT2D eigenvalue weighted by Gasteiger charge is -2.03. The molecule has 76 valence electrons. The molecule has 2 N–H and O–H groups in total. The van der Waals surface area contributed by atoms with Crippen molar-refractivity contribution in [3.63, 3.8) is 0 Å². The van der Waals surface area contributed by atoms with Gasteiger partial charge in [-0.25, -0.2) is 0 Å². The second kappa shape index (κ2) is 6.11. The van der Waals surface area contributed by atoms with E-state index in [9.17, 15) is 0 Å². The van der Waals surface area contributed by atoms with Gasteiger partial charge in [-0.2, -0.15) is 0 Å².